The first-order chi connectivity index (χ1) is 14.1. The van der Waals surface area contributed by atoms with Gasteiger partial charge in [-0.3, -0.25) is 4.79 Å². The summed E-state index contributed by atoms with van der Waals surface area (Å²) in [5, 5.41) is 8.75. The molecule has 3 aromatic rings. The van der Waals surface area contributed by atoms with Crippen LogP contribution >= 0.6 is 35.0 Å². The molecule has 2 aromatic carbocycles. The smallest absolute Gasteiger partial charge is 0.238 e. The Bertz CT molecular complexity index is 1210. The van der Waals surface area contributed by atoms with E-state index in [1.807, 2.05) is 11.5 Å². The van der Waals surface area contributed by atoms with Crippen LogP contribution in [0.15, 0.2) is 46.5 Å². The number of aryl methyl sites for hydroxylation is 1. The molecule has 0 aliphatic heterocycles. The maximum Gasteiger partial charge on any atom is 0.238 e. The normalized spacial score (nSPS) is 12.8. The zero-order chi connectivity index (χ0) is 22.1. The molecule has 0 spiro atoms. The summed E-state index contributed by atoms with van der Waals surface area (Å²) >= 11 is 13.4. The van der Waals surface area contributed by atoms with Crippen molar-refractivity contribution in [3.8, 4) is 0 Å². The number of hydrogen-bond acceptors (Lipinski definition) is 5. The molecule has 3 N–H and O–H groups in total. The SMILES string of the molecule is CCCn1c(S[C@@H](C)C(=O)Nc2cccc(Cl)c2Cl)nc2cc(S(N)(=O)=O)ccc21. The fourth-order valence-electron chi connectivity index (χ4n) is 2.84. The highest BCUT2D eigenvalue weighted by Gasteiger charge is 2.21. The number of nitrogens with zero attached hydrogens (tertiary/aromatic N) is 2. The van der Waals surface area contributed by atoms with Crippen LogP contribution in [0, 0.1) is 0 Å². The Labute approximate surface area is 189 Å². The lowest BCUT2D eigenvalue weighted by atomic mass is 10.3. The monoisotopic (exact) mass is 486 g/mol. The molecule has 0 bridgehead atoms. The topological polar surface area (TPSA) is 107 Å². The highest BCUT2D eigenvalue weighted by Crippen LogP contribution is 2.32. The Morgan fingerprint density at radius 2 is 2.03 bits per heavy atom. The third kappa shape index (κ3) is 4.92. The molecule has 1 aromatic heterocycles. The van der Waals surface area contributed by atoms with Gasteiger partial charge in [0.25, 0.3) is 0 Å². The molecule has 7 nitrogen and oxygen atoms in total. The Balaban J connectivity index is 1.88. The summed E-state index contributed by atoms with van der Waals surface area (Å²) in [4.78, 5) is 17.2. The van der Waals surface area contributed by atoms with Gasteiger partial charge in [0.1, 0.15) is 0 Å². The molecule has 0 unspecified atom stereocenters. The number of aromatic nitrogens is 2. The van der Waals surface area contributed by atoms with Crippen LogP contribution in [0.25, 0.3) is 11.0 Å². The molecule has 0 radical (unpaired) electrons. The molecule has 1 heterocycles. The van der Waals surface area contributed by atoms with Crippen molar-refractivity contribution in [1.82, 2.24) is 9.55 Å². The van der Waals surface area contributed by atoms with Crippen LogP contribution in [-0.4, -0.2) is 29.1 Å². The van der Waals surface area contributed by atoms with Gasteiger partial charge in [-0.25, -0.2) is 18.5 Å². The molecule has 3 rings (SSSR count). The lowest BCUT2D eigenvalue weighted by Gasteiger charge is -2.14. The number of hydrogen-bond donors (Lipinski definition) is 2. The van der Waals surface area contributed by atoms with E-state index in [1.165, 1.54) is 23.9 Å². The molecule has 1 amide bonds. The van der Waals surface area contributed by atoms with E-state index in [9.17, 15) is 13.2 Å². The minimum atomic E-state index is -3.83. The van der Waals surface area contributed by atoms with E-state index in [-0.39, 0.29) is 15.8 Å². The zero-order valence-electron chi connectivity index (χ0n) is 16.2. The average Bonchev–Trinajstić information content (AvgIpc) is 3.01. The number of nitrogens with one attached hydrogen (secondary N) is 1. The van der Waals surface area contributed by atoms with Crippen LogP contribution in [0.1, 0.15) is 20.3 Å². The second-order valence-electron chi connectivity index (χ2n) is 6.59. The highest BCUT2D eigenvalue weighted by atomic mass is 35.5. The van der Waals surface area contributed by atoms with E-state index in [4.69, 9.17) is 28.3 Å². The number of primary sulfonamides is 1. The largest absolute Gasteiger partial charge is 0.324 e. The van der Waals surface area contributed by atoms with Crippen LogP contribution < -0.4 is 10.5 Å². The average molecular weight is 487 g/mol. The molecule has 160 valence electrons. The molecule has 0 aliphatic rings. The zero-order valence-corrected chi connectivity index (χ0v) is 19.4. The van der Waals surface area contributed by atoms with Crippen molar-refractivity contribution in [2.45, 2.75) is 42.1 Å². The van der Waals surface area contributed by atoms with Crippen molar-refractivity contribution in [2.75, 3.05) is 5.32 Å². The number of carbonyl (C=O) groups excluding carboxylic acids is 1. The van der Waals surface area contributed by atoms with Crippen molar-refractivity contribution in [1.29, 1.82) is 0 Å². The second-order valence-corrected chi connectivity index (χ2v) is 10.2. The third-order valence-corrected chi connectivity index (χ3v) is 7.14. The fraction of sp³-hybridized carbons (Fsp3) is 0.263. The number of benzene rings is 2. The number of sulfonamides is 1. The van der Waals surface area contributed by atoms with Crippen molar-refractivity contribution in [3.05, 3.63) is 46.4 Å². The van der Waals surface area contributed by atoms with Crippen LogP contribution in [0.4, 0.5) is 5.69 Å². The third-order valence-electron chi connectivity index (χ3n) is 4.32. The molecule has 1 atom stereocenters. The van der Waals surface area contributed by atoms with Crippen molar-refractivity contribution >= 4 is 67.6 Å². The minimum Gasteiger partial charge on any atom is -0.324 e. The number of rotatable bonds is 7. The van der Waals surface area contributed by atoms with Gasteiger partial charge in [-0.1, -0.05) is 48.0 Å². The molecule has 0 saturated carbocycles. The molecular weight excluding hydrogens is 467 g/mol. The lowest BCUT2D eigenvalue weighted by Crippen LogP contribution is -2.23. The van der Waals surface area contributed by atoms with Gasteiger partial charge in [-0.15, -0.1) is 0 Å². The van der Waals surface area contributed by atoms with Crippen LogP contribution in [0.2, 0.25) is 10.0 Å². The maximum atomic E-state index is 12.7. The molecule has 0 saturated heterocycles. The highest BCUT2D eigenvalue weighted by molar-refractivity contribution is 8.00. The summed E-state index contributed by atoms with van der Waals surface area (Å²) < 4.78 is 25.3. The van der Waals surface area contributed by atoms with Crippen molar-refractivity contribution in [2.24, 2.45) is 5.14 Å². The first-order valence-corrected chi connectivity index (χ1v) is 12.2. The van der Waals surface area contributed by atoms with Crippen molar-refractivity contribution in [3.63, 3.8) is 0 Å². The quantitative estimate of drug-likeness (QED) is 0.477. The summed E-state index contributed by atoms with van der Waals surface area (Å²) in [6.07, 6.45) is 0.842. The molecular formula is C19H20Cl2N4O3S2. The number of thioether (sulfide) groups is 1. The standard InChI is InChI=1S/C19H20Cl2N4O3S2/c1-3-9-25-16-8-7-12(30(22,27)28)10-15(16)24-19(25)29-11(2)18(26)23-14-6-4-5-13(20)17(14)21/h4-8,10-11H,3,9H2,1-2H3,(H,23,26)(H2,22,27,28)/t11-/m0/s1. The number of nitrogens with two attached hydrogens (primary N) is 1. The Morgan fingerprint density at radius 1 is 1.30 bits per heavy atom. The Hall–Kier alpha value is -1.78. The van der Waals surface area contributed by atoms with Crippen molar-refractivity contribution < 1.29 is 13.2 Å². The number of anilines is 1. The van der Waals surface area contributed by atoms with E-state index in [0.717, 1.165) is 11.9 Å². The lowest BCUT2D eigenvalue weighted by molar-refractivity contribution is -0.115. The Kier molecular flexibility index (Phi) is 6.98. The maximum absolute atomic E-state index is 12.7. The van der Waals surface area contributed by atoms with E-state index in [1.54, 1.807) is 31.2 Å². The van der Waals surface area contributed by atoms with E-state index < -0.39 is 15.3 Å². The predicted octanol–water partition coefficient (Wildman–Crippen LogP) is 4.52. The summed E-state index contributed by atoms with van der Waals surface area (Å²) in [6, 6.07) is 9.59. The van der Waals surface area contributed by atoms with Gasteiger partial charge in [-0.05, 0) is 43.7 Å². The molecule has 30 heavy (non-hydrogen) atoms. The summed E-state index contributed by atoms with van der Waals surface area (Å²) in [5.41, 5.74) is 1.71. The van der Waals surface area contributed by atoms with E-state index in [2.05, 4.69) is 10.3 Å². The first-order valence-electron chi connectivity index (χ1n) is 9.06. The molecule has 11 heteroatoms. The van der Waals surface area contributed by atoms with Gasteiger partial charge in [0.05, 0.1) is 36.9 Å². The summed E-state index contributed by atoms with van der Waals surface area (Å²) in [5.74, 6) is -0.260. The van der Waals surface area contributed by atoms with Gasteiger partial charge >= 0.3 is 0 Å². The number of imidazole rings is 1. The van der Waals surface area contributed by atoms with Gasteiger partial charge in [0.15, 0.2) is 5.16 Å². The first kappa shape index (κ1) is 22.9. The number of carbonyl (C=O) groups is 1. The van der Waals surface area contributed by atoms with Gasteiger partial charge < -0.3 is 9.88 Å². The van der Waals surface area contributed by atoms with Gasteiger partial charge in [0, 0.05) is 6.54 Å². The second kappa shape index (κ2) is 9.15. The van der Waals surface area contributed by atoms with E-state index >= 15 is 0 Å². The number of fused-ring (bicyclic) bond motifs is 1. The Morgan fingerprint density at radius 3 is 2.70 bits per heavy atom. The van der Waals surface area contributed by atoms with Gasteiger partial charge in [-0.2, -0.15) is 0 Å². The minimum absolute atomic E-state index is 0.00547. The fourth-order valence-corrected chi connectivity index (χ4v) is 4.67. The number of amides is 1. The summed E-state index contributed by atoms with van der Waals surface area (Å²) in [7, 11) is -3.83. The van der Waals surface area contributed by atoms with Crippen LogP contribution in [0.5, 0.6) is 0 Å². The van der Waals surface area contributed by atoms with E-state index in [0.29, 0.717) is 27.9 Å². The molecule has 0 aliphatic carbocycles. The van der Waals surface area contributed by atoms with Crippen LogP contribution in [-0.2, 0) is 21.4 Å². The summed E-state index contributed by atoms with van der Waals surface area (Å²) in [6.45, 7) is 4.45. The van der Waals surface area contributed by atoms with Crippen LogP contribution in [0.3, 0.4) is 0 Å². The predicted molar refractivity (Wildman–Crippen MR) is 122 cm³/mol. The number of halogens is 2. The molecule has 0 fully saturated rings. The van der Waals surface area contributed by atoms with Gasteiger partial charge in [0.2, 0.25) is 15.9 Å².